The molecule has 6 heavy (non-hydrogen) atoms. The second-order valence-corrected chi connectivity index (χ2v) is 1.43. The largest absolute Gasteiger partial charge is 0.404 e. The smallest absolute Gasteiger partial charge is 0.180 e. The number of hydrogen-bond donors (Lipinski definition) is 2. The van der Waals surface area contributed by atoms with E-state index in [2.05, 4.69) is 0 Å². The maximum atomic E-state index is 9.54. The van der Waals surface area contributed by atoms with Crippen LogP contribution in [0.3, 0.4) is 0 Å². The second-order valence-electron chi connectivity index (χ2n) is 0.605. The van der Waals surface area contributed by atoms with Crippen LogP contribution < -0.4 is 5.73 Å². The fraction of sp³-hybridized carbons (Fsp3) is 0. The summed E-state index contributed by atoms with van der Waals surface area (Å²) in [6.45, 7) is 0. The predicted molar refractivity (Wildman–Crippen MR) is 24.1 cm³/mol. The lowest BCUT2D eigenvalue weighted by Crippen LogP contribution is -1.81. The molecule has 1 unspecified atom stereocenters. The molecule has 4 heteroatoms. The first-order valence-corrected chi connectivity index (χ1v) is 2.42. The van der Waals surface area contributed by atoms with E-state index in [0.29, 0.717) is 0 Å². The van der Waals surface area contributed by atoms with E-state index in [0.717, 1.165) is 11.6 Å². The zero-order valence-corrected chi connectivity index (χ0v) is 3.81. The summed E-state index contributed by atoms with van der Waals surface area (Å²) in [7, 11) is 0. The van der Waals surface area contributed by atoms with Gasteiger partial charge in [-0.05, 0) is 0 Å². The summed E-state index contributed by atoms with van der Waals surface area (Å²) in [4.78, 5) is 0. The molecule has 0 saturated heterocycles. The van der Waals surface area contributed by atoms with E-state index in [9.17, 15) is 4.21 Å². The Morgan fingerprint density at radius 1 is 1.83 bits per heavy atom. The molecule has 0 bridgehead atoms. The zero-order chi connectivity index (χ0) is 4.99. The molecular weight excluding hydrogens is 102 g/mol. The first-order valence-electron chi connectivity index (χ1n) is 1.25. The molecule has 0 aliphatic rings. The van der Waals surface area contributed by atoms with Gasteiger partial charge < -0.3 is 10.3 Å². The second kappa shape index (κ2) is 2.87. The van der Waals surface area contributed by atoms with Crippen molar-refractivity contribution >= 4 is 11.1 Å². The molecule has 0 heterocycles. The van der Waals surface area contributed by atoms with E-state index < -0.39 is 11.1 Å². The topological polar surface area (TPSA) is 63.3 Å². The van der Waals surface area contributed by atoms with Gasteiger partial charge in [-0.3, -0.25) is 0 Å². The van der Waals surface area contributed by atoms with Crippen molar-refractivity contribution < 1.29 is 8.76 Å². The Hall–Kier alpha value is -0.350. The van der Waals surface area contributed by atoms with Crippen LogP contribution in [0.25, 0.3) is 0 Å². The number of hydrogen-bond acceptors (Lipinski definition) is 2. The van der Waals surface area contributed by atoms with E-state index in [-0.39, 0.29) is 0 Å². The average molecular weight is 107 g/mol. The molecule has 0 aliphatic carbocycles. The molecule has 1 atom stereocenters. The number of rotatable bonds is 1. The van der Waals surface area contributed by atoms with Gasteiger partial charge in [-0.15, -0.1) is 0 Å². The first-order chi connectivity index (χ1) is 2.77. The summed E-state index contributed by atoms with van der Waals surface area (Å²) in [5, 5.41) is 0.972. The summed E-state index contributed by atoms with van der Waals surface area (Å²) in [6, 6.07) is 0. The Labute approximate surface area is 38.1 Å². The Kier molecular flexibility index (Phi) is 2.70. The van der Waals surface area contributed by atoms with Gasteiger partial charge in [-0.25, -0.2) is 4.21 Å². The molecule has 36 valence electrons. The van der Waals surface area contributed by atoms with E-state index in [1.54, 1.807) is 0 Å². The molecule has 0 amide bonds. The highest BCUT2D eigenvalue weighted by atomic mass is 32.2. The van der Waals surface area contributed by atoms with E-state index >= 15 is 0 Å². The van der Waals surface area contributed by atoms with Gasteiger partial charge in [-0.2, -0.15) is 0 Å². The van der Waals surface area contributed by atoms with Gasteiger partial charge in [0.25, 0.3) is 0 Å². The predicted octanol–water partition coefficient (Wildman–Crippen LogP) is -0.362. The molecule has 0 rings (SSSR count). The van der Waals surface area contributed by atoms with Crippen LogP contribution in [-0.4, -0.2) is 8.76 Å². The minimum Gasteiger partial charge on any atom is -0.404 e. The van der Waals surface area contributed by atoms with Crippen molar-refractivity contribution in [1.29, 1.82) is 0 Å². The Morgan fingerprint density at radius 3 is 2.33 bits per heavy atom. The molecule has 0 aliphatic heterocycles. The van der Waals surface area contributed by atoms with Gasteiger partial charge in [0.2, 0.25) is 0 Å². The van der Waals surface area contributed by atoms with Gasteiger partial charge in [0.15, 0.2) is 11.1 Å². The molecule has 0 aromatic heterocycles. The third kappa shape index (κ3) is 3.65. The monoisotopic (exact) mass is 107 g/mol. The van der Waals surface area contributed by atoms with Gasteiger partial charge >= 0.3 is 0 Å². The van der Waals surface area contributed by atoms with Crippen molar-refractivity contribution in [2.24, 2.45) is 5.73 Å². The minimum absolute atomic E-state index is 0.972. The van der Waals surface area contributed by atoms with Crippen LogP contribution >= 0.6 is 0 Å². The van der Waals surface area contributed by atoms with E-state index in [1.165, 1.54) is 0 Å². The minimum atomic E-state index is -1.87. The quantitative estimate of drug-likeness (QED) is 0.450. The highest BCUT2D eigenvalue weighted by Gasteiger charge is 1.72. The third-order valence-corrected chi connectivity index (χ3v) is 0.585. The van der Waals surface area contributed by atoms with E-state index in [4.69, 9.17) is 10.3 Å². The summed E-state index contributed by atoms with van der Waals surface area (Å²) < 4.78 is 17.4. The van der Waals surface area contributed by atoms with Crippen LogP contribution in [0.5, 0.6) is 0 Å². The molecule has 0 spiro atoms. The van der Waals surface area contributed by atoms with Crippen LogP contribution in [0.15, 0.2) is 11.6 Å². The summed E-state index contributed by atoms with van der Waals surface area (Å²) >= 11 is -1.87. The summed E-state index contributed by atoms with van der Waals surface area (Å²) in [6.07, 6.45) is 1.02. The van der Waals surface area contributed by atoms with Crippen LogP contribution in [0, 0.1) is 0 Å². The van der Waals surface area contributed by atoms with Crippen molar-refractivity contribution in [2.45, 2.75) is 0 Å². The van der Waals surface area contributed by atoms with E-state index in [1.807, 2.05) is 0 Å². The average Bonchev–Trinajstić information content (AvgIpc) is 1.35. The molecule has 0 radical (unpaired) electrons. The maximum absolute atomic E-state index is 9.54. The summed E-state index contributed by atoms with van der Waals surface area (Å²) in [5.74, 6) is 0. The highest BCUT2D eigenvalue weighted by molar-refractivity contribution is 7.82. The molecular formula is C2H5NO2S. The van der Waals surface area contributed by atoms with Crippen molar-refractivity contribution in [3.63, 3.8) is 0 Å². The lowest BCUT2D eigenvalue weighted by Gasteiger charge is -1.70. The normalized spacial score (nSPS) is 15.5. The Bertz CT molecular complexity index is 79.6. The fourth-order valence-electron chi connectivity index (χ4n) is 0.0672. The number of nitrogens with two attached hydrogens (primary N) is 1. The Balaban J connectivity index is 3.30. The van der Waals surface area contributed by atoms with Crippen LogP contribution in [0.4, 0.5) is 0 Å². The molecule has 0 aromatic rings. The van der Waals surface area contributed by atoms with Crippen molar-refractivity contribution in [3.8, 4) is 0 Å². The van der Waals surface area contributed by atoms with Crippen LogP contribution in [0.2, 0.25) is 0 Å². The molecule has 3 N–H and O–H groups in total. The van der Waals surface area contributed by atoms with Gasteiger partial charge in [0.1, 0.15) is 0 Å². The Morgan fingerprint density at radius 2 is 2.33 bits per heavy atom. The molecule has 3 nitrogen and oxygen atoms in total. The standard InChI is InChI=1S/C2H5NO2S/c3-1-2-6(4)5/h1-2H,3H2,(H,4,5). The maximum Gasteiger partial charge on any atom is 0.180 e. The van der Waals surface area contributed by atoms with Crippen molar-refractivity contribution in [1.82, 2.24) is 0 Å². The zero-order valence-electron chi connectivity index (χ0n) is 3.00. The van der Waals surface area contributed by atoms with Crippen molar-refractivity contribution in [2.75, 3.05) is 0 Å². The van der Waals surface area contributed by atoms with Crippen LogP contribution in [-0.2, 0) is 11.1 Å². The summed E-state index contributed by atoms with van der Waals surface area (Å²) in [5.41, 5.74) is 4.70. The lowest BCUT2D eigenvalue weighted by molar-refractivity contribution is 0.574. The molecule has 0 fully saturated rings. The first kappa shape index (κ1) is 5.65. The highest BCUT2D eigenvalue weighted by Crippen LogP contribution is 1.68. The van der Waals surface area contributed by atoms with Crippen molar-refractivity contribution in [3.05, 3.63) is 11.6 Å². The third-order valence-electron chi connectivity index (χ3n) is 0.195. The molecule has 0 saturated carbocycles. The van der Waals surface area contributed by atoms with Gasteiger partial charge in [-0.1, -0.05) is 0 Å². The SMILES string of the molecule is NC=CS(=O)O. The van der Waals surface area contributed by atoms with Gasteiger partial charge in [0.05, 0.1) is 0 Å². The van der Waals surface area contributed by atoms with Gasteiger partial charge in [0, 0.05) is 11.6 Å². The fourth-order valence-corrected chi connectivity index (χ4v) is 0.202. The lowest BCUT2D eigenvalue weighted by atomic mass is 11.1. The van der Waals surface area contributed by atoms with Crippen LogP contribution in [0.1, 0.15) is 0 Å². The molecule has 0 aromatic carbocycles.